The standard InChI is InChI=1S/C17H19N3O3S.Mg.3H2O/c1-10-8-18-15(11(2)16(10)23-4)9-24(21)17-19-13-6-5-12(22-3)7-14(13)20-17;;;;/h5-8H,9H2,1-4H3,(H,19,20);;3*1H2/q;+2;;;/t24-;;;;/m0..../s1. The quantitative estimate of drug-likeness (QED) is 0.570. The summed E-state index contributed by atoms with van der Waals surface area (Å²) in [5.74, 6) is 1.79. The van der Waals surface area contributed by atoms with Gasteiger partial charge in [0.2, 0.25) is 0 Å². The molecule has 9 nitrogen and oxygen atoms in total. The largest absolute Gasteiger partial charge is 2.00 e. The van der Waals surface area contributed by atoms with Crippen LogP contribution in [0.3, 0.4) is 0 Å². The molecular formula is C17H25MgN3O6S+2. The van der Waals surface area contributed by atoms with Crippen LogP contribution >= 0.6 is 0 Å². The second-order valence-electron chi connectivity index (χ2n) is 5.46. The average molecular weight is 424 g/mol. The maximum absolute atomic E-state index is 12.7. The second kappa shape index (κ2) is 11.9. The van der Waals surface area contributed by atoms with Gasteiger partial charge in [-0.3, -0.25) is 9.19 Å². The van der Waals surface area contributed by atoms with Crippen LogP contribution in [0.25, 0.3) is 11.0 Å². The first-order chi connectivity index (χ1) is 11.5. The van der Waals surface area contributed by atoms with Crippen LogP contribution in [-0.2, 0) is 16.6 Å². The zero-order valence-corrected chi connectivity index (χ0v) is 18.5. The number of fused-ring (bicyclic) bond motifs is 1. The molecule has 2 aromatic heterocycles. The first-order valence-electron chi connectivity index (χ1n) is 7.44. The van der Waals surface area contributed by atoms with Gasteiger partial charge in [-0.05, 0) is 26.0 Å². The Hall–Kier alpha value is -1.76. The Balaban J connectivity index is 0. The summed E-state index contributed by atoms with van der Waals surface area (Å²) in [5, 5.41) is 0.430. The van der Waals surface area contributed by atoms with E-state index in [4.69, 9.17) is 9.47 Å². The average Bonchev–Trinajstić information content (AvgIpc) is 3.01. The first kappa shape index (κ1) is 28.4. The van der Waals surface area contributed by atoms with E-state index in [1.165, 1.54) is 0 Å². The molecule has 11 heteroatoms. The van der Waals surface area contributed by atoms with Crippen molar-refractivity contribution in [3.8, 4) is 11.5 Å². The van der Waals surface area contributed by atoms with Gasteiger partial charge in [-0.15, -0.1) is 0 Å². The number of rotatable bonds is 5. The van der Waals surface area contributed by atoms with Gasteiger partial charge < -0.3 is 30.9 Å². The monoisotopic (exact) mass is 423 g/mol. The number of imidazole rings is 1. The Morgan fingerprint density at radius 3 is 2.39 bits per heavy atom. The summed E-state index contributed by atoms with van der Waals surface area (Å²) in [6.45, 7) is 3.86. The van der Waals surface area contributed by atoms with Crippen molar-refractivity contribution in [2.24, 2.45) is 0 Å². The fourth-order valence-electron chi connectivity index (χ4n) is 2.61. The molecule has 0 unspecified atom stereocenters. The summed E-state index contributed by atoms with van der Waals surface area (Å²) in [4.78, 5) is 11.9. The molecule has 150 valence electrons. The number of H-pyrrole nitrogens is 1. The molecule has 0 fully saturated rings. The topological polar surface area (TPSA) is 172 Å². The first-order valence-corrected chi connectivity index (χ1v) is 8.76. The van der Waals surface area contributed by atoms with E-state index in [0.717, 1.165) is 39.4 Å². The number of aryl methyl sites for hydroxylation is 1. The van der Waals surface area contributed by atoms with Crippen molar-refractivity contribution in [1.29, 1.82) is 0 Å². The molecule has 28 heavy (non-hydrogen) atoms. The number of nitrogens with zero attached hydrogens (tertiary/aromatic N) is 2. The predicted molar refractivity (Wildman–Crippen MR) is 110 cm³/mol. The van der Waals surface area contributed by atoms with Crippen LogP contribution in [0.5, 0.6) is 11.5 Å². The zero-order chi connectivity index (χ0) is 17.3. The fraction of sp³-hybridized carbons (Fsp3) is 0.294. The molecule has 0 radical (unpaired) electrons. The number of methoxy groups -OCH3 is 2. The summed E-state index contributed by atoms with van der Waals surface area (Å²) in [5.41, 5.74) is 4.16. The van der Waals surface area contributed by atoms with Gasteiger partial charge in [0.25, 0.3) is 0 Å². The molecular weight excluding hydrogens is 399 g/mol. The number of hydrogen-bond acceptors (Lipinski definition) is 5. The van der Waals surface area contributed by atoms with Gasteiger partial charge in [-0.2, -0.15) is 0 Å². The van der Waals surface area contributed by atoms with Crippen molar-refractivity contribution in [1.82, 2.24) is 15.0 Å². The molecule has 2 heterocycles. The van der Waals surface area contributed by atoms with E-state index >= 15 is 0 Å². The van der Waals surface area contributed by atoms with E-state index < -0.39 is 10.8 Å². The number of pyridine rings is 1. The van der Waals surface area contributed by atoms with Crippen LogP contribution < -0.4 is 9.47 Å². The SMILES string of the molecule is COc1ccc2nc([S@@](=O)Cc3ncc(C)c(OC)c3C)[nH]c2c1.O.O.O.[Mg+2]. The molecule has 0 spiro atoms. The molecule has 0 bridgehead atoms. The maximum atomic E-state index is 12.7. The second-order valence-corrected chi connectivity index (χ2v) is 6.83. The van der Waals surface area contributed by atoms with E-state index in [0.29, 0.717) is 5.16 Å². The van der Waals surface area contributed by atoms with E-state index in [9.17, 15) is 4.21 Å². The summed E-state index contributed by atoms with van der Waals surface area (Å²) in [7, 11) is 1.91. The van der Waals surface area contributed by atoms with Crippen LogP contribution in [-0.4, -0.2) is 72.9 Å². The van der Waals surface area contributed by atoms with Crippen LogP contribution in [0.15, 0.2) is 29.6 Å². The molecule has 1 aromatic carbocycles. The third kappa shape index (κ3) is 5.62. The summed E-state index contributed by atoms with van der Waals surface area (Å²) < 4.78 is 23.3. The molecule has 0 aliphatic carbocycles. The smallest absolute Gasteiger partial charge is 0.497 e. The minimum Gasteiger partial charge on any atom is -0.497 e. The van der Waals surface area contributed by atoms with Gasteiger partial charge in [-0.25, -0.2) is 4.98 Å². The van der Waals surface area contributed by atoms with Crippen molar-refractivity contribution < 1.29 is 30.1 Å². The number of nitrogens with one attached hydrogen (secondary N) is 1. The van der Waals surface area contributed by atoms with Crippen molar-refractivity contribution >= 4 is 44.9 Å². The van der Waals surface area contributed by atoms with Gasteiger partial charge >= 0.3 is 23.1 Å². The van der Waals surface area contributed by atoms with E-state index in [1.807, 2.05) is 32.0 Å². The normalized spacial score (nSPS) is 10.6. The molecule has 0 aliphatic rings. The third-order valence-corrected chi connectivity index (χ3v) is 5.06. The Morgan fingerprint density at radius 2 is 1.79 bits per heavy atom. The Bertz CT molecular complexity index is 935. The molecule has 3 rings (SSSR count). The van der Waals surface area contributed by atoms with Crippen LogP contribution in [0.2, 0.25) is 0 Å². The number of aromatic amines is 1. The Labute approximate surface area is 181 Å². The Morgan fingerprint density at radius 1 is 1.11 bits per heavy atom. The summed E-state index contributed by atoms with van der Waals surface area (Å²) in [6, 6.07) is 5.50. The van der Waals surface area contributed by atoms with Crippen molar-refractivity contribution in [3.05, 3.63) is 41.2 Å². The molecule has 0 aliphatic heterocycles. The van der Waals surface area contributed by atoms with Crippen LogP contribution in [0.1, 0.15) is 16.8 Å². The third-order valence-electron chi connectivity index (χ3n) is 3.90. The number of aromatic nitrogens is 3. The van der Waals surface area contributed by atoms with E-state index in [-0.39, 0.29) is 45.2 Å². The number of ether oxygens (including phenoxy) is 2. The van der Waals surface area contributed by atoms with Gasteiger partial charge in [-0.1, -0.05) is 0 Å². The van der Waals surface area contributed by atoms with Crippen LogP contribution in [0.4, 0.5) is 0 Å². The van der Waals surface area contributed by atoms with Gasteiger partial charge in [0.15, 0.2) is 5.16 Å². The molecule has 3 aromatic rings. The molecule has 0 saturated heterocycles. The number of benzene rings is 1. The van der Waals surface area contributed by atoms with E-state index in [2.05, 4.69) is 15.0 Å². The molecule has 0 saturated carbocycles. The van der Waals surface area contributed by atoms with Crippen LogP contribution in [0, 0.1) is 13.8 Å². The Kier molecular flexibility index (Phi) is 12.1. The summed E-state index contributed by atoms with van der Waals surface area (Å²) in [6.07, 6.45) is 1.74. The van der Waals surface area contributed by atoms with Crippen molar-refractivity contribution in [3.63, 3.8) is 0 Å². The van der Waals surface area contributed by atoms with Gasteiger partial charge in [0, 0.05) is 23.4 Å². The predicted octanol–water partition coefficient (Wildman–Crippen LogP) is 0.0448. The van der Waals surface area contributed by atoms with Gasteiger partial charge in [0.1, 0.15) is 11.5 Å². The fourth-order valence-corrected chi connectivity index (χ4v) is 3.71. The molecule has 1 atom stereocenters. The zero-order valence-electron chi connectivity index (χ0n) is 16.3. The minimum absolute atomic E-state index is 0. The maximum Gasteiger partial charge on any atom is 2.00 e. The van der Waals surface area contributed by atoms with Crippen molar-refractivity contribution in [2.45, 2.75) is 24.8 Å². The van der Waals surface area contributed by atoms with E-state index in [1.54, 1.807) is 20.4 Å². The number of hydrogen-bond donors (Lipinski definition) is 1. The molecule has 0 amide bonds. The summed E-state index contributed by atoms with van der Waals surface area (Å²) >= 11 is 0. The molecule has 7 N–H and O–H groups in total. The minimum atomic E-state index is -1.33. The van der Waals surface area contributed by atoms with Crippen molar-refractivity contribution in [2.75, 3.05) is 14.2 Å². The van der Waals surface area contributed by atoms with Gasteiger partial charge in [0.05, 0.1) is 47.5 Å².